The third kappa shape index (κ3) is 23.3. The van der Waals surface area contributed by atoms with Crippen LogP contribution in [0.3, 0.4) is 0 Å². The van der Waals surface area contributed by atoms with Gasteiger partial charge in [-0.15, -0.1) is 189 Å². The molecule has 0 unspecified atom stereocenters. The first-order valence-corrected chi connectivity index (χ1v) is 65.3. The van der Waals surface area contributed by atoms with Crippen LogP contribution in [0, 0.1) is 57.2 Å². The van der Waals surface area contributed by atoms with Crippen LogP contribution >= 0.6 is 0 Å². The van der Waals surface area contributed by atoms with Crippen LogP contribution in [0.25, 0.3) is 134 Å². The summed E-state index contributed by atoms with van der Waals surface area (Å²) in [6.07, 6.45) is 11.6. The molecule has 0 aliphatic carbocycles. The molecule has 145 heavy (non-hydrogen) atoms. The summed E-state index contributed by atoms with van der Waals surface area (Å²) in [4.78, 5) is 28.1. The van der Waals surface area contributed by atoms with Crippen molar-refractivity contribution in [2.45, 2.75) is 103 Å². The van der Waals surface area contributed by atoms with E-state index in [9.17, 15) is 8.42 Å². The van der Waals surface area contributed by atoms with Gasteiger partial charge in [0.25, 0.3) is 0 Å². The van der Waals surface area contributed by atoms with Gasteiger partial charge in [0.2, 0.25) is 0 Å². The van der Waals surface area contributed by atoms with E-state index in [1.165, 1.54) is 119 Å². The van der Waals surface area contributed by atoms with Gasteiger partial charge in [0.05, 0.1) is 37.2 Å². The quantitative estimate of drug-likeness (QED) is 0.0782. The van der Waals surface area contributed by atoms with E-state index in [2.05, 4.69) is 381 Å². The fourth-order valence-corrected chi connectivity index (χ4v) is 33.3. The number of nitrogens with zero attached hydrogens (tertiary/aromatic N) is 6. The molecule has 3 radical (unpaired) electrons. The minimum atomic E-state index is -3.49. The van der Waals surface area contributed by atoms with E-state index in [1.54, 1.807) is 36.8 Å². The number of rotatable bonds is 14. The second-order valence-electron chi connectivity index (χ2n) is 39.8. The minimum absolute atomic E-state index is 0. The van der Waals surface area contributed by atoms with Crippen molar-refractivity contribution in [3.8, 4) is 134 Å². The summed E-state index contributed by atoms with van der Waals surface area (Å²) in [5, 5.41) is 12.8. The van der Waals surface area contributed by atoms with E-state index in [0.29, 0.717) is 9.79 Å². The van der Waals surface area contributed by atoms with Crippen LogP contribution in [0.5, 0.6) is 0 Å². The van der Waals surface area contributed by atoms with Gasteiger partial charge in [-0.3, -0.25) is 0 Å². The smallest absolute Gasteiger partial charge is 0.173 e. The Morgan fingerprint density at radius 2 is 0.566 bits per heavy atom. The molecule has 20 aromatic rings. The Balaban J connectivity index is 0.000000139. The average Bonchev–Trinajstić information content (AvgIpc) is 1.53. The molecule has 3 aliphatic heterocycles. The van der Waals surface area contributed by atoms with Crippen LogP contribution in [-0.4, -0.2) is 78.7 Å². The molecule has 17 heteroatoms. The van der Waals surface area contributed by atoms with Gasteiger partial charge in [0.1, 0.15) is 8.07 Å². The molecule has 8 nitrogen and oxygen atoms in total. The summed E-state index contributed by atoms with van der Waals surface area (Å²) >= 11 is 0. The Labute approximate surface area is 902 Å². The Morgan fingerprint density at radius 1 is 0.248 bits per heavy atom. The molecule has 3 aliphatic rings. The van der Waals surface area contributed by atoms with Crippen LogP contribution in [0.2, 0.25) is 72.0 Å². The van der Waals surface area contributed by atoms with Crippen molar-refractivity contribution in [3.63, 3.8) is 0 Å². The van der Waals surface area contributed by atoms with Gasteiger partial charge in [0.15, 0.2) is 9.84 Å². The van der Waals surface area contributed by atoms with Gasteiger partial charge in [-0.05, 0) is 155 Å². The fraction of sp³-hybridized carbons (Fsp3) is 0.109. The normalized spacial score (nSPS) is 12.5. The second kappa shape index (κ2) is 46.1. The molecule has 9 heterocycles. The monoisotopic (exact) mass is 2520 g/mol. The summed E-state index contributed by atoms with van der Waals surface area (Å²) in [5.74, 6) is 0. The number of aromatic nitrogens is 6. The predicted molar refractivity (Wildman–Crippen MR) is 606 cm³/mol. The van der Waals surface area contributed by atoms with Crippen LogP contribution < -0.4 is 46.7 Å². The molecule has 0 amide bonds. The van der Waals surface area contributed by atoms with Crippen LogP contribution in [0.4, 0.5) is 0 Å². The number of pyridine rings is 6. The number of fused-ring (bicyclic) bond motifs is 9. The SMILES string of the molecule is Cc1ccc(-c2cc(-c3[c-]cc4c(c3)-c3ccccc3S4(=O)=O)ncc2[Si](C)(C)C)cc1.Cc1ccc(-c2cc(-c3[c-]cc4c(c3)-c3ccccc3[Si]4(C)C)ncc2[Si](C)(C)C)cc1.Cc1ccc(-c2cc(-c3[c-]cc4c(c3)-c3ccccc3[Si]4(c3ccccc3)c3ccccc3)ncc2[Si](C)(C)C)cc1.[Ir].[Ir].[Ir].[c-]1ccccc1-c1ccccn1.[c-]1ccccc1-c1ccccn1.[c-]1ccccc1-c1ccccn1. The van der Waals surface area contributed by atoms with E-state index >= 15 is 0 Å². The maximum atomic E-state index is 12.9. The molecular formula is C128H112Ir3N6O2SSi5-6. The molecule has 0 N–H and O–H groups in total. The number of sulfone groups is 1. The summed E-state index contributed by atoms with van der Waals surface area (Å²) in [5.41, 5.74) is 29.9. The largest absolute Gasteiger partial charge is 0.305 e. The molecule has 0 bridgehead atoms. The first-order valence-electron chi connectivity index (χ1n) is 48.3. The van der Waals surface area contributed by atoms with Crippen molar-refractivity contribution in [3.05, 3.63) is 479 Å². The van der Waals surface area contributed by atoms with Gasteiger partial charge in [-0.25, -0.2) is 8.42 Å². The summed E-state index contributed by atoms with van der Waals surface area (Å²) in [6.45, 7) is 32.6. The third-order valence-electron chi connectivity index (χ3n) is 26.6. The fourth-order valence-electron chi connectivity index (χ4n) is 19.2. The molecule has 0 spiro atoms. The third-order valence-corrected chi connectivity index (χ3v) is 42.9. The van der Waals surface area contributed by atoms with Crippen molar-refractivity contribution in [1.29, 1.82) is 0 Å². The summed E-state index contributed by atoms with van der Waals surface area (Å²) in [6, 6.07) is 154. The molecule has 0 saturated heterocycles. The van der Waals surface area contributed by atoms with E-state index in [1.807, 2.05) is 152 Å². The average molecular weight is 2520 g/mol. The Kier molecular flexibility index (Phi) is 33.8. The maximum absolute atomic E-state index is 12.9. The standard InChI is InChI=1S/C39H34NSi2.C29H30NSi2.C27H24NO2SSi.3C11H8N.3Ir/c1-28-19-21-29(22-20-28)34-26-36(40-27-39(34)41(2,3)4)30-23-24-38-35(25-30)33-17-11-12-18-37(33)42(38,31-13-7-5-8-14-31)32-15-9-6-10-16-32;1-20-11-13-21(14-12-20)24-18-26(30-19-29(24)31(2,3)4)22-15-16-28-25(17-22)23-9-7-8-10-27(23)32(28,5)6;1-18-9-11-19(12-10-18)22-16-24(28-17-27(22)32(2,3)4)20-13-14-26-23(15-20)21-7-5-6-8-25(21)31(26,29)30;3*1-2-6-10(7-3-1)11-8-4-5-9-12-11;;;/h5-22,24-27H,1-4H3;7-14,16-19H,1-6H3;5-12,14-17H,1-4H3;3*1-6,8-9H;;;/q6*-1;;;. The molecular weight excluding hydrogens is 2400 g/mol. The second-order valence-corrected chi connectivity index (χ2v) is 64.9. The van der Waals surface area contributed by atoms with Crippen molar-refractivity contribution in [2.24, 2.45) is 0 Å². The number of aryl methyl sites for hydroxylation is 3. The number of benzene rings is 14. The van der Waals surface area contributed by atoms with Crippen molar-refractivity contribution < 1.29 is 68.7 Å². The van der Waals surface area contributed by atoms with Gasteiger partial charge >= 0.3 is 0 Å². The zero-order valence-corrected chi connectivity index (χ0v) is 96.8. The Morgan fingerprint density at radius 3 is 0.931 bits per heavy atom. The molecule has 0 atom stereocenters. The van der Waals surface area contributed by atoms with Crippen molar-refractivity contribution in [1.82, 2.24) is 29.9 Å². The molecule has 0 fully saturated rings. The first-order chi connectivity index (χ1) is 68.6. The zero-order chi connectivity index (χ0) is 98.9. The van der Waals surface area contributed by atoms with Crippen molar-refractivity contribution in [2.75, 3.05) is 0 Å². The number of hydrogen-bond acceptors (Lipinski definition) is 8. The first kappa shape index (κ1) is 106. The summed E-state index contributed by atoms with van der Waals surface area (Å²) < 4.78 is 25.8. The van der Waals surface area contributed by atoms with Gasteiger partial charge < -0.3 is 29.9 Å². The molecule has 725 valence electrons. The predicted octanol–water partition coefficient (Wildman–Crippen LogP) is 25.8. The minimum Gasteiger partial charge on any atom is -0.305 e. The molecule has 23 rings (SSSR count). The summed E-state index contributed by atoms with van der Waals surface area (Å²) in [7, 11) is -12.4. The maximum Gasteiger partial charge on any atom is 0.173 e. The zero-order valence-electron chi connectivity index (χ0n) is 83.8. The van der Waals surface area contributed by atoms with Crippen LogP contribution in [-0.2, 0) is 70.2 Å². The number of hydrogen-bond donors (Lipinski definition) is 0. The van der Waals surface area contributed by atoms with Crippen LogP contribution in [0.1, 0.15) is 16.7 Å². The van der Waals surface area contributed by atoms with E-state index < -0.39 is 50.2 Å². The molecule has 6 aromatic heterocycles. The van der Waals surface area contributed by atoms with E-state index in [4.69, 9.17) is 15.0 Å². The van der Waals surface area contributed by atoms with E-state index in [0.717, 1.165) is 78.7 Å². The van der Waals surface area contributed by atoms with Gasteiger partial charge in [-0.2, -0.15) is 0 Å². The van der Waals surface area contributed by atoms with Crippen LogP contribution in [0.15, 0.2) is 435 Å². The van der Waals surface area contributed by atoms with E-state index in [-0.39, 0.29) is 60.3 Å². The molecule has 0 saturated carbocycles. The Bertz CT molecular complexity index is 7660. The van der Waals surface area contributed by atoms with Gasteiger partial charge in [0, 0.05) is 97.5 Å². The topological polar surface area (TPSA) is 111 Å². The molecule has 14 aromatic carbocycles. The Hall–Kier alpha value is -13.0. The van der Waals surface area contributed by atoms with Gasteiger partial charge in [-0.1, -0.05) is 376 Å². The van der Waals surface area contributed by atoms with Crippen molar-refractivity contribution >= 4 is 96.9 Å².